The fraction of sp³-hybridized carbons (Fsp3) is 0.320. The number of carbonyl (C=O) groups excluding carboxylic acids is 1. The molecule has 0 spiro atoms. The molecular formula is C25H28N4O5S. The van der Waals surface area contributed by atoms with Crippen molar-refractivity contribution < 1.29 is 14.3 Å². The predicted octanol–water partition coefficient (Wildman–Crippen LogP) is 2.86. The summed E-state index contributed by atoms with van der Waals surface area (Å²) in [5.41, 5.74) is 5.85. The number of fused-ring (bicyclic) bond motifs is 1. The number of hydrogen-bond acceptors (Lipinski definition) is 7. The number of carbonyl (C=O) groups is 1. The molecule has 10 heteroatoms. The second kappa shape index (κ2) is 11.2. The summed E-state index contributed by atoms with van der Waals surface area (Å²) >= 11 is 1.33. The highest BCUT2D eigenvalue weighted by Crippen LogP contribution is 2.34. The van der Waals surface area contributed by atoms with Gasteiger partial charge >= 0.3 is 5.69 Å². The number of aromatic amines is 1. The van der Waals surface area contributed by atoms with Crippen molar-refractivity contribution in [2.75, 3.05) is 36.1 Å². The normalized spacial score (nSPS) is 12.7. The number of rotatable bonds is 8. The topological polar surface area (TPSA) is 120 Å². The molecule has 0 unspecified atom stereocenters. The van der Waals surface area contributed by atoms with Gasteiger partial charge in [0.2, 0.25) is 5.91 Å². The second-order valence-electron chi connectivity index (χ2n) is 8.06. The fourth-order valence-electron chi connectivity index (χ4n) is 3.80. The SMILES string of the molecule is CCCN(C(=O)CSc1ccc2c(c1)OCCCO2)c1c(N)n(Cc2ccccc2)c(=O)[nH]c1=O. The zero-order chi connectivity index (χ0) is 24.8. The van der Waals surface area contributed by atoms with E-state index < -0.39 is 11.2 Å². The lowest BCUT2D eigenvalue weighted by molar-refractivity contribution is -0.116. The predicted molar refractivity (Wildman–Crippen MR) is 137 cm³/mol. The van der Waals surface area contributed by atoms with Gasteiger partial charge in [0.15, 0.2) is 17.2 Å². The van der Waals surface area contributed by atoms with Crippen molar-refractivity contribution in [1.82, 2.24) is 9.55 Å². The van der Waals surface area contributed by atoms with Crippen molar-refractivity contribution in [2.24, 2.45) is 0 Å². The Morgan fingerprint density at radius 2 is 1.86 bits per heavy atom. The molecule has 35 heavy (non-hydrogen) atoms. The van der Waals surface area contributed by atoms with Crippen LogP contribution in [0.5, 0.6) is 11.5 Å². The van der Waals surface area contributed by atoms with Crippen LogP contribution in [0.3, 0.4) is 0 Å². The van der Waals surface area contributed by atoms with E-state index in [1.807, 2.05) is 55.5 Å². The van der Waals surface area contributed by atoms with E-state index >= 15 is 0 Å². The van der Waals surface area contributed by atoms with Crippen LogP contribution >= 0.6 is 11.8 Å². The lowest BCUT2D eigenvalue weighted by atomic mass is 10.2. The lowest BCUT2D eigenvalue weighted by Gasteiger charge is -2.24. The molecule has 0 fully saturated rings. The van der Waals surface area contributed by atoms with E-state index in [0.717, 1.165) is 16.9 Å². The number of hydrogen-bond donors (Lipinski definition) is 2. The van der Waals surface area contributed by atoms with Crippen LogP contribution in [-0.2, 0) is 11.3 Å². The van der Waals surface area contributed by atoms with Crippen LogP contribution in [0.4, 0.5) is 11.5 Å². The Morgan fingerprint density at radius 1 is 1.11 bits per heavy atom. The highest BCUT2D eigenvalue weighted by atomic mass is 32.2. The standard InChI is InChI=1S/C25H28N4O5S/c1-2-11-28(21(30)16-35-18-9-10-19-20(14-18)34-13-6-12-33-19)22-23(26)29(25(32)27-24(22)31)15-17-7-4-3-5-8-17/h3-5,7-10,14H,2,6,11-13,15-16,26H2,1H3,(H,27,31,32). The van der Waals surface area contributed by atoms with Gasteiger partial charge in [0, 0.05) is 17.9 Å². The molecular weight excluding hydrogens is 468 g/mol. The van der Waals surface area contributed by atoms with E-state index in [0.29, 0.717) is 31.1 Å². The molecule has 0 aliphatic carbocycles. The minimum atomic E-state index is -0.681. The Bertz CT molecular complexity index is 1310. The van der Waals surface area contributed by atoms with Crippen LogP contribution in [-0.4, -0.2) is 41.0 Å². The number of aromatic nitrogens is 2. The molecule has 0 atom stereocenters. The molecule has 3 aromatic rings. The number of anilines is 2. The second-order valence-corrected chi connectivity index (χ2v) is 9.11. The quantitative estimate of drug-likeness (QED) is 0.460. The summed E-state index contributed by atoms with van der Waals surface area (Å²) in [6.07, 6.45) is 1.42. The van der Waals surface area contributed by atoms with E-state index in [1.165, 1.54) is 21.2 Å². The zero-order valence-corrected chi connectivity index (χ0v) is 20.3. The largest absolute Gasteiger partial charge is 0.490 e. The molecule has 1 amide bonds. The van der Waals surface area contributed by atoms with Crippen LogP contribution in [0.2, 0.25) is 0 Å². The molecule has 2 aromatic carbocycles. The van der Waals surface area contributed by atoms with Gasteiger partial charge in [0.25, 0.3) is 5.56 Å². The van der Waals surface area contributed by atoms with E-state index in [2.05, 4.69) is 4.98 Å². The van der Waals surface area contributed by atoms with E-state index in [9.17, 15) is 14.4 Å². The third kappa shape index (κ3) is 5.71. The van der Waals surface area contributed by atoms with Crippen LogP contribution < -0.4 is 31.4 Å². The van der Waals surface area contributed by atoms with Gasteiger partial charge in [-0.05, 0) is 30.2 Å². The Morgan fingerprint density at radius 3 is 2.60 bits per heavy atom. The number of nitrogens with one attached hydrogen (secondary N) is 1. The molecule has 9 nitrogen and oxygen atoms in total. The lowest BCUT2D eigenvalue weighted by Crippen LogP contribution is -2.42. The van der Waals surface area contributed by atoms with Gasteiger partial charge in [-0.15, -0.1) is 11.8 Å². The molecule has 0 radical (unpaired) electrons. The summed E-state index contributed by atoms with van der Waals surface area (Å²) in [6.45, 7) is 3.55. The first kappa shape index (κ1) is 24.5. The summed E-state index contributed by atoms with van der Waals surface area (Å²) in [7, 11) is 0. The Labute approximate surface area is 206 Å². The number of nitrogens with two attached hydrogens (primary N) is 1. The molecule has 1 aliphatic rings. The van der Waals surface area contributed by atoms with Gasteiger partial charge in [0.1, 0.15) is 5.82 Å². The van der Waals surface area contributed by atoms with Crippen molar-refractivity contribution in [2.45, 2.75) is 31.2 Å². The number of amides is 1. The van der Waals surface area contributed by atoms with E-state index in [-0.39, 0.29) is 36.3 Å². The first-order valence-corrected chi connectivity index (χ1v) is 12.5. The minimum Gasteiger partial charge on any atom is -0.490 e. The molecule has 0 saturated carbocycles. The molecule has 1 aliphatic heterocycles. The van der Waals surface area contributed by atoms with Crippen molar-refractivity contribution in [3.8, 4) is 11.5 Å². The average molecular weight is 497 g/mol. The molecule has 0 bridgehead atoms. The summed E-state index contributed by atoms with van der Waals surface area (Å²) in [5.74, 6) is 1.09. The highest BCUT2D eigenvalue weighted by Gasteiger charge is 2.24. The Hall–Kier alpha value is -3.66. The molecule has 184 valence electrons. The van der Waals surface area contributed by atoms with Crippen LogP contribution in [0.15, 0.2) is 63.0 Å². The maximum absolute atomic E-state index is 13.3. The maximum atomic E-state index is 13.3. The smallest absolute Gasteiger partial charge is 0.330 e. The Kier molecular flexibility index (Phi) is 7.81. The van der Waals surface area contributed by atoms with Gasteiger partial charge in [-0.2, -0.15) is 0 Å². The van der Waals surface area contributed by atoms with Crippen molar-refractivity contribution >= 4 is 29.2 Å². The van der Waals surface area contributed by atoms with Gasteiger partial charge in [0.05, 0.1) is 25.5 Å². The van der Waals surface area contributed by atoms with E-state index in [4.69, 9.17) is 15.2 Å². The van der Waals surface area contributed by atoms with Gasteiger partial charge < -0.3 is 20.1 Å². The summed E-state index contributed by atoms with van der Waals surface area (Å²) in [4.78, 5) is 43.1. The number of thioether (sulfide) groups is 1. The first-order valence-electron chi connectivity index (χ1n) is 11.5. The zero-order valence-electron chi connectivity index (χ0n) is 19.5. The third-order valence-corrected chi connectivity index (χ3v) is 6.48. The monoisotopic (exact) mass is 496 g/mol. The van der Waals surface area contributed by atoms with Crippen molar-refractivity contribution in [3.63, 3.8) is 0 Å². The fourth-order valence-corrected chi connectivity index (χ4v) is 4.60. The molecule has 3 N–H and O–H groups in total. The first-order chi connectivity index (χ1) is 17.0. The minimum absolute atomic E-state index is 0.00774. The summed E-state index contributed by atoms with van der Waals surface area (Å²) in [5, 5.41) is 0. The molecule has 1 aromatic heterocycles. The number of H-pyrrole nitrogens is 1. The third-order valence-electron chi connectivity index (χ3n) is 5.50. The number of benzene rings is 2. The van der Waals surface area contributed by atoms with Crippen molar-refractivity contribution in [1.29, 1.82) is 0 Å². The number of nitrogens with zero attached hydrogens (tertiary/aromatic N) is 2. The molecule has 2 heterocycles. The summed E-state index contributed by atoms with van der Waals surface area (Å²) < 4.78 is 12.7. The van der Waals surface area contributed by atoms with Gasteiger partial charge in [-0.3, -0.25) is 19.1 Å². The number of ether oxygens (including phenoxy) is 2. The van der Waals surface area contributed by atoms with Crippen LogP contribution in [0.25, 0.3) is 0 Å². The highest BCUT2D eigenvalue weighted by molar-refractivity contribution is 8.00. The van der Waals surface area contributed by atoms with Gasteiger partial charge in [-0.25, -0.2) is 4.79 Å². The van der Waals surface area contributed by atoms with E-state index in [1.54, 1.807) is 0 Å². The molecule has 0 saturated heterocycles. The maximum Gasteiger partial charge on any atom is 0.330 e. The van der Waals surface area contributed by atoms with Crippen LogP contribution in [0.1, 0.15) is 25.3 Å². The summed E-state index contributed by atoms with van der Waals surface area (Å²) in [6, 6.07) is 14.9. The van der Waals surface area contributed by atoms with Crippen LogP contribution in [0, 0.1) is 0 Å². The molecule has 4 rings (SSSR count). The number of nitrogen functional groups attached to an aromatic ring is 1. The Balaban J connectivity index is 1.57. The van der Waals surface area contributed by atoms with Gasteiger partial charge in [-0.1, -0.05) is 37.3 Å². The van der Waals surface area contributed by atoms with Crippen molar-refractivity contribution in [3.05, 3.63) is 74.9 Å². The average Bonchev–Trinajstić information content (AvgIpc) is 3.10.